The van der Waals surface area contributed by atoms with Gasteiger partial charge in [-0.05, 0) is 48.1 Å². The Labute approximate surface area is 218 Å². The number of hydrogen-bond donors (Lipinski definition) is 0. The van der Waals surface area contributed by atoms with Gasteiger partial charge >= 0.3 is 0 Å². The Bertz CT molecular complexity index is 1030. The van der Waals surface area contributed by atoms with Gasteiger partial charge in [-0.1, -0.05) is 100.0 Å². The molecule has 3 aromatic rings. The summed E-state index contributed by atoms with van der Waals surface area (Å²) in [4.78, 5) is 16.5. The zero-order valence-corrected chi connectivity index (χ0v) is 22.3. The third-order valence-corrected chi connectivity index (χ3v) is 6.66. The molecule has 0 fully saturated rings. The van der Waals surface area contributed by atoms with Crippen LogP contribution in [-0.4, -0.2) is 30.4 Å². The van der Waals surface area contributed by atoms with Crippen molar-refractivity contribution in [1.29, 1.82) is 0 Å². The summed E-state index contributed by atoms with van der Waals surface area (Å²) in [7, 11) is 0. The highest BCUT2D eigenvalue weighted by atomic mass is 16.2. The van der Waals surface area contributed by atoms with E-state index in [1.807, 2.05) is 4.90 Å². The lowest BCUT2D eigenvalue weighted by molar-refractivity contribution is 0.0796. The van der Waals surface area contributed by atoms with Gasteiger partial charge in [0.2, 0.25) is 0 Å². The van der Waals surface area contributed by atoms with Crippen LogP contribution in [0.4, 0.5) is 5.69 Å². The van der Waals surface area contributed by atoms with Crippen molar-refractivity contribution in [3.05, 3.63) is 114 Å². The lowest BCUT2D eigenvalue weighted by Crippen LogP contribution is -2.25. The van der Waals surface area contributed by atoms with E-state index < -0.39 is 0 Å². The van der Waals surface area contributed by atoms with Crippen LogP contribution in [0.5, 0.6) is 0 Å². The van der Waals surface area contributed by atoms with Crippen LogP contribution in [0.25, 0.3) is 0 Å². The first kappa shape index (κ1) is 27.3. The van der Waals surface area contributed by atoms with Gasteiger partial charge in [0.1, 0.15) is 0 Å². The highest BCUT2D eigenvalue weighted by molar-refractivity contribution is 5.99. The molecule has 0 N–H and O–H groups in total. The molecule has 0 saturated heterocycles. The fraction of sp³-hybridized carbons (Fsp3) is 0.364. The van der Waals surface area contributed by atoms with Crippen molar-refractivity contribution in [1.82, 2.24) is 4.90 Å². The van der Waals surface area contributed by atoms with Crippen molar-refractivity contribution in [3.8, 4) is 0 Å². The second-order valence-electron chi connectivity index (χ2n) is 9.47. The smallest absolute Gasteiger partial charge is 0.254 e. The molecular weight excluding hydrogens is 440 g/mol. The fourth-order valence-electron chi connectivity index (χ4n) is 4.94. The number of amides is 1. The van der Waals surface area contributed by atoms with Gasteiger partial charge in [0.15, 0.2) is 0 Å². The van der Waals surface area contributed by atoms with Gasteiger partial charge in [-0.15, -0.1) is 6.58 Å². The van der Waals surface area contributed by atoms with Crippen molar-refractivity contribution in [3.63, 3.8) is 0 Å². The Balaban J connectivity index is 0.000000205. The van der Waals surface area contributed by atoms with Crippen molar-refractivity contribution < 1.29 is 4.79 Å². The zero-order valence-electron chi connectivity index (χ0n) is 22.3. The summed E-state index contributed by atoms with van der Waals surface area (Å²) in [6, 6.07) is 27.9. The molecule has 0 bridgehead atoms. The Kier molecular flexibility index (Phi) is 10.8. The third-order valence-electron chi connectivity index (χ3n) is 6.66. The standard InChI is InChI=1S/C17H24N2O.C16H18/c1-4-9-18(10-5-2)15-8-7-14-13-19(11-6-3)17(20)16(14)12-15;1-2-9-16(14-10-5-3-6-11-14)15-12-7-4-8-13-15/h6-8,12H,3-5,9-11,13H2,1-2H3;3-8,10-13,16H,2,9H2,1H3. The van der Waals surface area contributed by atoms with Crippen molar-refractivity contribution >= 4 is 11.6 Å². The number of benzene rings is 3. The zero-order chi connectivity index (χ0) is 25.8. The summed E-state index contributed by atoms with van der Waals surface area (Å²) in [5.74, 6) is 0.682. The monoisotopic (exact) mass is 482 g/mol. The summed E-state index contributed by atoms with van der Waals surface area (Å²) in [6.45, 7) is 13.7. The average molecular weight is 483 g/mol. The first-order valence-corrected chi connectivity index (χ1v) is 13.5. The molecule has 0 spiro atoms. The van der Waals surface area contributed by atoms with Crippen LogP contribution in [-0.2, 0) is 6.54 Å². The van der Waals surface area contributed by atoms with Crippen molar-refractivity contribution in [2.75, 3.05) is 24.5 Å². The van der Waals surface area contributed by atoms with Crippen molar-refractivity contribution in [2.24, 2.45) is 0 Å². The van der Waals surface area contributed by atoms with Crippen LogP contribution in [0.1, 0.15) is 79.4 Å². The lowest BCUT2D eigenvalue weighted by atomic mass is 9.88. The molecule has 36 heavy (non-hydrogen) atoms. The van der Waals surface area contributed by atoms with Crippen LogP contribution >= 0.6 is 0 Å². The Morgan fingerprint density at radius 3 is 1.94 bits per heavy atom. The summed E-state index contributed by atoms with van der Waals surface area (Å²) < 4.78 is 0. The van der Waals surface area contributed by atoms with E-state index in [9.17, 15) is 4.79 Å². The van der Waals surface area contributed by atoms with E-state index in [0.717, 1.165) is 37.1 Å². The molecular formula is C33H42N2O. The predicted molar refractivity (Wildman–Crippen MR) is 154 cm³/mol. The summed E-state index contributed by atoms with van der Waals surface area (Å²) in [5, 5.41) is 0. The van der Waals surface area contributed by atoms with Crippen LogP contribution in [0.15, 0.2) is 91.5 Å². The van der Waals surface area contributed by atoms with Crippen LogP contribution in [0.3, 0.4) is 0 Å². The first-order valence-electron chi connectivity index (χ1n) is 13.5. The van der Waals surface area contributed by atoms with Gasteiger partial charge in [-0.25, -0.2) is 0 Å². The number of carbonyl (C=O) groups excluding carboxylic acids is 1. The molecule has 1 aliphatic rings. The molecule has 3 aromatic carbocycles. The molecule has 1 heterocycles. The van der Waals surface area contributed by atoms with E-state index >= 15 is 0 Å². The predicted octanol–water partition coefficient (Wildman–Crippen LogP) is 8.07. The maximum atomic E-state index is 12.3. The van der Waals surface area contributed by atoms with Crippen LogP contribution < -0.4 is 4.90 Å². The Morgan fingerprint density at radius 2 is 1.44 bits per heavy atom. The van der Waals surface area contributed by atoms with Gasteiger partial charge in [0.25, 0.3) is 5.91 Å². The molecule has 0 aliphatic carbocycles. The highest BCUT2D eigenvalue weighted by Crippen LogP contribution is 2.29. The van der Waals surface area contributed by atoms with Crippen molar-refractivity contribution in [2.45, 2.75) is 58.9 Å². The molecule has 0 atom stereocenters. The van der Waals surface area contributed by atoms with E-state index in [2.05, 4.69) is 111 Å². The minimum atomic E-state index is 0.134. The molecule has 0 saturated carbocycles. The maximum absolute atomic E-state index is 12.3. The maximum Gasteiger partial charge on any atom is 0.254 e. The summed E-state index contributed by atoms with van der Waals surface area (Å²) >= 11 is 0. The normalized spacial score (nSPS) is 12.2. The van der Waals surface area contributed by atoms with E-state index in [0.29, 0.717) is 19.0 Å². The minimum absolute atomic E-state index is 0.134. The molecule has 190 valence electrons. The van der Waals surface area contributed by atoms with Crippen LogP contribution in [0, 0.1) is 0 Å². The van der Waals surface area contributed by atoms with Gasteiger partial charge in [0, 0.05) is 43.3 Å². The Morgan fingerprint density at radius 1 is 0.861 bits per heavy atom. The number of nitrogens with zero attached hydrogens (tertiary/aromatic N) is 2. The average Bonchev–Trinajstić information content (AvgIpc) is 3.23. The second kappa shape index (κ2) is 14.3. The third kappa shape index (κ3) is 7.10. The van der Waals surface area contributed by atoms with E-state index in [4.69, 9.17) is 0 Å². The second-order valence-corrected chi connectivity index (χ2v) is 9.47. The Hall–Kier alpha value is -3.33. The molecule has 3 heteroatoms. The molecule has 0 radical (unpaired) electrons. The number of hydrogen-bond acceptors (Lipinski definition) is 2. The number of fused-ring (bicyclic) bond motifs is 1. The van der Waals surface area contributed by atoms with E-state index in [-0.39, 0.29) is 5.91 Å². The van der Waals surface area contributed by atoms with E-state index in [1.165, 1.54) is 29.7 Å². The molecule has 4 rings (SSSR count). The minimum Gasteiger partial charge on any atom is -0.372 e. The first-order chi connectivity index (χ1) is 17.6. The van der Waals surface area contributed by atoms with Gasteiger partial charge < -0.3 is 9.80 Å². The fourth-order valence-corrected chi connectivity index (χ4v) is 4.94. The number of anilines is 1. The molecule has 1 aliphatic heterocycles. The number of carbonyl (C=O) groups is 1. The van der Waals surface area contributed by atoms with E-state index in [1.54, 1.807) is 6.08 Å². The SMILES string of the molecule is C=CCN1Cc2ccc(N(CCC)CCC)cc2C1=O.CCCC(c1ccccc1)c1ccccc1. The quantitative estimate of drug-likeness (QED) is 0.258. The molecule has 0 unspecified atom stereocenters. The molecule has 3 nitrogen and oxygen atoms in total. The van der Waals surface area contributed by atoms with Crippen LogP contribution in [0.2, 0.25) is 0 Å². The molecule has 1 amide bonds. The summed E-state index contributed by atoms with van der Waals surface area (Å²) in [6.07, 6.45) is 6.45. The topological polar surface area (TPSA) is 23.6 Å². The van der Waals surface area contributed by atoms with Gasteiger partial charge in [-0.3, -0.25) is 4.79 Å². The van der Waals surface area contributed by atoms with Gasteiger partial charge in [0.05, 0.1) is 0 Å². The summed E-state index contributed by atoms with van der Waals surface area (Å²) in [5.41, 5.74) is 6.02. The van der Waals surface area contributed by atoms with Gasteiger partial charge in [-0.2, -0.15) is 0 Å². The lowest BCUT2D eigenvalue weighted by Gasteiger charge is -2.24. The highest BCUT2D eigenvalue weighted by Gasteiger charge is 2.27. The molecule has 0 aromatic heterocycles. The number of rotatable bonds is 11. The largest absolute Gasteiger partial charge is 0.372 e.